The zero-order valence-electron chi connectivity index (χ0n) is 32.7. The van der Waals surface area contributed by atoms with E-state index in [-0.39, 0.29) is 156 Å². The van der Waals surface area contributed by atoms with Gasteiger partial charge in [-0.1, -0.05) is 29.3 Å². The smallest absolute Gasteiger partial charge is 0.337 e. The zero-order valence-corrected chi connectivity index (χ0v) is 43.6. The number of amides is 1. The molecule has 1 aromatic heterocycles. The molecule has 5 N–H and O–H groups in total. The molecule has 2 aliphatic rings. The van der Waals surface area contributed by atoms with Crippen molar-refractivity contribution in [3.8, 4) is 0 Å². The van der Waals surface area contributed by atoms with E-state index in [0.717, 1.165) is 36.4 Å². The first kappa shape index (κ1) is 55.9. The van der Waals surface area contributed by atoms with Crippen LogP contribution in [0, 0.1) is 0 Å². The molecule has 62 heavy (non-hydrogen) atoms. The molecule has 28 heteroatoms. The third kappa shape index (κ3) is 12.8. The Kier molecular flexibility index (Phi) is 19.7. The fraction of sp³-hybridized carbons (Fsp3) is 0.0882. The van der Waals surface area contributed by atoms with E-state index >= 15 is 0 Å². The summed E-state index contributed by atoms with van der Waals surface area (Å²) in [5.41, 5.74) is 5.06. The summed E-state index contributed by atoms with van der Waals surface area (Å²) in [6, 6.07) is 11.0. The van der Waals surface area contributed by atoms with Crippen molar-refractivity contribution in [2.75, 3.05) is 12.5 Å². The van der Waals surface area contributed by atoms with E-state index in [4.69, 9.17) is 23.2 Å². The summed E-state index contributed by atoms with van der Waals surface area (Å²) in [6.45, 7) is 1.45. The minimum atomic E-state index is -5.16. The van der Waals surface area contributed by atoms with Crippen LogP contribution in [0.25, 0.3) is 17.1 Å². The van der Waals surface area contributed by atoms with Crippen molar-refractivity contribution >= 4 is 105 Å². The molecule has 0 spiro atoms. The summed E-state index contributed by atoms with van der Waals surface area (Å²) >= 11 is 11.9. The van der Waals surface area contributed by atoms with Gasteiger partial charge in [-0.05, 0) is 84.3 Å². The van der Waals surface area contributed by atoms with E-state index in [9.17, 15) is 53.3 Å². The average Bonchev–Trinajstić information content (AvgIpc) is 3.13. The molecule has 6 rings (SSSR count). The molecule has 3 aromatic carbocycles. The van der Waals surface area contributed by atoms with Gasteiger partial charge >= 0.3 is 88.7 Å². The van der Waals surface area contributed by atoms with Crippen molar-refractivity contribution in [3.63, 3.8) is 0 Å². The molecule has 0 unspecified atom stereocenters. The minimum Gasteiger partial charge on any atom is -0.337 e. The summed E-state index contributed by atoms with van der Waals surface area (Å²) in [6.07, 6.45) is 2.94. The Bertz CT molecular complexity index is 3040. The molecule has 19 nitrogen and oxygen atoms in total. The van der Waals surface area contributed by atoms with Gasteiger partial charge in [0.05, 0.1) is 27.3 Å². The first-order valence-electron chi connectivity index (χ1n) is 16.0. The molecule has 0 saturated carbocycles. The number of hydrogen-bond donors (Lipinski definition) is 5. The Morgan fingerprint density at radius 3 is 2.03 bits per heavy atom. The van der Waals surface area contributed by atoms with Crippen molar-refractivity contribution in [2.24, 2.45) is 10.2 Å². The molecule has 1 radical (unpaired) electrons. The average molecular weight is 1020 g/mol. The SMILES string of the molecule is CC1=C/C(=N/N=C2\C(=O)c3ccc(S(=O)(=O)O)cc3C=C2S(=O)(=O)O)C(=O)C=C1NNc1cc(CN(C)C(=O)c2ccc3nc(Cl)c(Cl)nc3c2)ccc1S(=O)(=O)O.[Cu].[Na+].[Na+].[Na+]. The van der Waals surface area contributed by atoms with Gasteiger partial charge in [0.1, 0.15) is 15.5 Å². The van der Waals surface area contributed by atoms with E-state index in [1.165, 1.54) is 49.2 Å². The number of carbonyl (C=O) groups excluding carboxylic acids is 3. The van der Waals surface area contributed by atoms with Crippen molar-refractivity contribution in [3.05, 3.63) is 115 Å². The maximum atomic E-state index is 13.3. The molecule has 311 valence electrons. The van der Waals surface area contributed by atoms with Crippen LogP contribution < -0.4 is 99.5 Å². The van der Waals surface area contributed by atoms with Gasteiger partial charge in [-0.3, -0.25) is 33.5 Å². The number of benzene rings is 3. The third-order valence-electron chi connectivity index (χ3n) is 8.39. The molecule has 1 amide bonds. The van der Waals surface area contributed by atoms with Gasteiger partial charge in [-0.15, -0.1) is 10.2 Å². The Morgan fingerprint density at radius 2 is 1.42 bits per heavy atom. The van der Waals surface area contributed by atoms with E-state index in [0.29, 0.717) is 16.6 Å². The van der Waals surface area contributed by atoms with Crippen LogP contribution in [0.5, 0.6) is 0 Å². The summed E-state index contributed by atoms with van der Waals surface area (Å²) in [4.78, 5) is 46.9. The Balaban J connectivity index is 0.00000331. The molecule has 0 saturated heterocycles. The fourth-order valence-electron chi connectivity index (χ4n) is 5.60. The zero-order chi connectivity index (χ0) is 42.5. The van der Waals surface area contributed by atoms with E-state index in [1.54, 1.807) is 6.07 Å². The van der Waals surface area contributed by atoms with Gasteiger partial charge in [0.2, 0.25) is 11.6 Å². The molecule has 0 atom stereocenters. The summed E-state index contributed by atoms with van der Waals surface area (Å²) in [5.74, 6) is -2.37. The first-order valence-corrected chi connectivity index (χ1v) is 21.1. The van der Waals surface area contributed by atoms with Gasteiger partial charge in [0.25, 0.3) is 36.3 Å². The summed E-state index contributed by atoms with van der Waals surface area (Å²) in [5, 5.41) is 7.33. The van der Waals surface area contributed by atoms with Crippen LogP contribution in [0.2, 0.25) is 10.3 Å². The molecule has 2 aliphatic carbocycles. The van der Waals surface area contributed by atoms with Crippen LogP contribution >= 0.6 is 23.2 Å². The number of hydrogen-bond acceptors (Lipinski definition) is 15. The quantitative estimate of drug-likeness (QED) is 0.0430. The number of nitrogens with zero attached hydrogens (tertiary/aromatic N) is 5. The second-order valence-electron chi connectivity index (χ2n) is 12.4. The topological polar surface area (TPSA) is 292 Å². The molecule has 0 fully saturated rings. The van der Waals surface area contributed by atoms with E-state index in [1.807, 2.05) is 0 Å². The van der Waals surface area contributed by atoms with Crippen molar-refractivity contribution in [2.45, 2.75) is 23.3 Å². The Labute approximate surface area is 440 Å². The number of nitrogens with one attached hydrogen (secondary N) is 2. The van der Waals surface area contributed by atoms with Gasteiger partial charge in [0, 0.05) is 47.9 Å². The monoisotopic (exact) mass is 1020 g/mol. The van der Waals surface area contributed by atoms with Gasteiger partial charge in [-0.2, -0.15) is 25.3 Å². The second-order valence-corrected chi connectivity index (χ2v) is 17.4. The van der Waals surface area contributed by atoms with Crippen LogP contribution in [-0.2, 0) is 58.8 Å². The number of carbonyl (C=O) groups is 3. The number of halogens is 2. The Hall–Kier alpha value is -2.20. The standard InChI is InChI=1S/C34H25Cl2N7O12S3.Cu.3Na/c1-16-9-25(40-42-30-29(58(53,54)55)13-19-11-20(56(47,48)49)5-6-21(19)31(30)45)27(44)14-23(16)39-41-26-10-17(3-8-28(26)57(50,51)52)15-43(2)34(46)18-4-7-22-24(12-18)38-33(36)32(35)37-22;;;;/h3-14,39,41H,15H2,1-2H3,(H,47,48,49)(H,50,51,52)(H,53,54,55);;;;/q;;3*+1/b40-25-,42-30-;;;;. The predicted molar refractivity (Wildman–Crippen MR) is 210 cm³/mol. The Morgan fingerprint density at radius 1 is 0.774 bits per heavy atom. The number of allylic oxidation sites excluding steroid dienone is 4. The van der Waals surface area contributed by atoms with Crippen molar-refractivity contribution in [1.82, 2.24) is 20.3 Å². The molecule has 1 heterocycles. The maximum absolute atomic E-state index is 13.3. The van der Waals surface area contributed by atoms with Gasteiger partial charge in [0.15, 0.2) is 16.0 Å². The van der Waals surface area contributed by atoms with E-state index < -0.39 is 73.9 Å². The number of Topliss-reactive ketones (excluding diaryl/α,β-unsaturated/α-hetero) is 1. The minimum absolute atomic E-state index is 0. The van der Waals surface area contributed by atoms with Crippen molar-refractivity contribution in [1.29, 1.82) is 0 Å². The van der Waals surface area contributed by atoms with Gasteiger partial charge in [-0.25, -0.2) is 9.97 Å². The number of anilines is 1. The van der Waals surface area contributed by atoms with Gasteiger partial charge < -0.3 is 10.3 Å². The number of rotatable bonds is 10. The molecule has 4 aromatic rings. The van der Waals surface area contributed by atoms with Crippen LogP contribution in [0.3, 0.4) is 0 Å². The molecular weight excluding hydrogens is 998 g/mol. The first-order chi connectivity index (χ1) is 27.0. The number of ketones is 2. The van der Waals surface area contributed by atoms with E-state index in [2.05, 4.69) is 31.0 Å². The normalized spacial score (nSPS) is 15.1. The second kappa shape index (κ2) is 21.9. The third-order valence-corrected chi connectivity index (χ3v) is 11.6. The van der Waals surface area contributed by atoms with Crippen LogP contribution in [-0.4, -0.2) is 89.7 Å². The number of fused-ring (bicyclic) bond motifs is 2. The van der Waals surface area contributed by atoms with Crippen LogP contribution in [0.15, 0.2) is 103 Å². The molecular formula is C34H25Cl2CuN7Na3O12S3+3. The molecule has 0 aliphatic heterocycles. The van der Waals surface area contributed by atoms with Crippen molar-refractivity contribution < 1.29 is 159 Å². The van der Waals surface area contributed by atoms with Crippen LogP contribution in [0.1, 0.15) is 38.8 Å². The maximum Gasteiger partial charge on any atom is 1.00 e. The largest absolute Gasteiger partial charge is 1.00 e. The summed E-state index contributed by atoms with van der Waals surface area (Å²) in [7, 11) is -13.2. The van der Waals surface area contributed by atoms with Crippen LogP contribution in [0.4, 0.5) is 5.69 Å². The number of hydrazine groups is 1. The number of aromatic nitrogens is 2. The predicted octanol–water partition coefficient (Wildman–Crippen LogP) is -5.04. The molecule has 0 bridgehead atoms. The fourth-order valence-corrected chi connectivity index (χ4v) is 7.66. The summed E-state index contributed by atoms with van der Waals surface area (Å²) < 4.78 is 101.